The second-order valence-corrected chi connectivity index (χ2v) is 5.46. The minimum atomic E-state index is -0.648. The van der Waals surface area contributed by atoms with E-state index in [4.69, 9.17) is 0 Å². The van der Waals surface area contributed by atoms with Crippen LogP contribution in [0.3, 0.4) is 0 Å². The van der Waals surface area contributed by atoms with E-state index in [9.17, 15) is 5.11 Å². The summed E-state index contributed by atoms with van der Waals surface area (Å²) in [6.07, 6.45) is 3.13. The second kappa shape index (κ2) is 4.65. The molecule has 1 aromatic heterocycles. The van der Waals surface area contributed by atoms with E-state index in [1.165, 1.54) is 0 Å². The summed E-state index contributed by atoms with van der Waals surface area (Å²) in [5.74, 6) is 0.731. The normalized spacial score (nSPS) is 27.0. The van der Waals surface area contributed by atoms with Gasteiger partial charge in [0.1, 0.15) is 12.4 Å². The first-order chi connectivity index (χ1) is 10.2. The van der Waals surface area contributed by atoms with E-state index in [0.29, 0.717) is 0 Å². The lowest BCUT2D eigenvalue weighted by molar-refractivity contribution is 0.0911. The molecule has 0 aliphatic carbocycles. The number of hydrogen-bond donors (Lipinski definition) is 2. The molecule has 0 amide bonds. The number of benzene rings is 1. The van der Waals surface area contributed by atoms with Gasteiger partial charge in [-0.3, -0.25) is 5.32 Å². The van der Waals surface area contributed by atoms with Gasteiger partial charge in [0.05, 0.1) is 5.69 Å². The smallest absolute Gasteiger partial charge is 0.152 e. The predicted molar refractivity (Wildman–Crippen MR) is 80.6 cm³/mol. The van der Waals surface area contributed by atoms with E-state index >= 15 is 0 Å². The van der Waals surface area contributed by atoms with Gasteiger partial charge in [-0.15, -0.1) is 0 Å². The summed E-state index contributed by atoms with van der Waals surface area (Å²) in [5, 5.41) is 18.1. The Morgan fingerprint density at radius 1 is 1.24 bits per heavy atom. The van der Waals surface area contributed by atoms with Crippen molar-refractivity contribution in [2.45, 2.75) is 25.2 Å². The maximum atomic E-state index is 10.5. The molecule has 5 nitrogen and oxygen atoms in total. The van der Waals surface area contributed by atoms with Crippen molar-refractivity contribution in [3.05, 3.63) is 59.3 Å². The molecule has 2 aromatic rings. The topological polar surface area (TPSA) is 62.4 Å². The van der Waals surface area contributed by atoms with Crippen molar-refractivity contribution in [3.63, 3.8) is 0 Å². The molecule has 2 aliphatic rings. The molecule has 4 rings (SSSR count). The monoisotopic (exact) mass is 280 g/mol. The van der Waals surface area contributed by atoms with Crippen LogP contribution in [-0.2, 0) is 0 Å². The van der Waals surface area contributed by atoms with Crippen LogP contribution in [0.1, 0.15) is 23.3 Å². The van der Waals surface area contributed by atoms with Crippen molar-refractivity contribution in [2.75, 3.05) is 0 Å². The van der Waals surface area contributed by atoms with E-state index in [1.54, 1.807) is 0 Å². The van der Waals surface area contributed by atoms with Crippen LogP contribution in [0, 0.1) is 6.92 Å². The zero-order chi connectivity index (χ0) is 14.4. The predicted octanol–water partition coefficient (Wildman–Crippen LogP) is 2.04. The lowest BCUT2D eigenvalue weighted by Gasteiger charge is -2.35. The molecule has 21 heavy (non-hydrogen) atoms. The van der Waals surface area contributed by atoms with Crippen molar-refractivity contribution in [1.82, 2.24) is 15.1 Å². The van der Waals surface area contributed by atoms with E-state index in [1.807, 2.05) is 54.2 Å². The van der Waals surface area contributed by atoms with Crippen LogP contribution in [0.15, 0.2) is 53.0 Å². The Hall–Kier alpha value is -2.24. The Bertz CT molecular complexity index is 732. The largest absolute Gasteiger partial charge is 0.378 e. The Morgan fingerprint density at radius 3 is 2.86 bits per heavy atom. The van der Waals surface area contributed by atoms with Gasteiger partial charge in [0.15, 0.2) is 5.82 Å². The van der Waals surface area contributed by atoms with Gasteiger partial charge in [0.25, 0.3) is 0 Å². The van der Waals surface area contributed by atoms with Crippen LogP contribution in [-0.4, -0.2) is 27.3 Å². The van der Waals surface area contributed by atoms with Crippen LogP contribution in [0.5, 0.6) is 0 Å². The van der Waals surface area contributed by atoms with E-state index in [2.05, 4.69) is 21.5 Å². The number of nitrogens with zero attached hydrogens (tertiary/aromatic N) is 3. The van der Waals surface area contributed by atoms with Gasteiger partial charge < -0.3 is 5.11 Å². The fraction of sp³-hybridized carbons (Fsp3) is 0.250. The standard InChI is InChI=1S/C16H16N4O/c1-10-7-14-17-9-12-8-13(11-5-3-2-4-6-11)16(21)18-15(12)20(14)19-10/h2-9,13,15-16,18,21H,1H3. The molecular weight excluding hydrogens is 264 g/mol. The Morgan fingerprint density at radius 2 is 2.05 bits per heavy atom. The summed E-state index contributed by atoms with van der Waals surface area (Å²) >= 11 is 0. The number of hydrogen-bond acceptors (Lipinski definition) is 4. The molecule has 3 heterocycles. The fourth-order valence-corrected chi connectivity index (χ4v) is 2.96. The average Bonchev–Trinajstić information content (AvgIpc) is 2.88. The summed E-state index contributed by atoms with van der Waals surface area (Å²) in [6.45, 7) is 1.94. The molecule has 1 aromatic carbocycles. The summed E-state index contributed by atoms with van der Waals surface area (Å²) in [4.78, 5) is 4.44. The second-order valence-electron chi connectivity index (χ2n) is 5.46. The van der Waals surface area contributed by atoms with Crippen molar-refractivity contribution in [1.29, 1.82) is 0 Å². The molecule has 2 N–H and O–H groups in total. The third-order valence-corrected chi connectivity index (χ3v) is 3.97. The first-order valence-corrected chi connectivity index (χ1v) is 7.03. The fourth-order valence-electron chi connectivity index (χ4n) is 2.96. The van der Waals surface area contributed by atoms with E-state index in [-0.39, 0.29) is 12.1 Å². The van der Waals surface area contributed by atoms with Gasteiger partial charge in [-0.05, 0) is 12.5 Å². The van der Waals surface area contributed by atoms with Gasteiger partial charge in [0.2, 0.25) is 0 Å². The minimum Gasteiger partial charge on any atom is -0.378 e. The number of aliphatic hydroxyl groups is 1. The van der Waals surface area contributed by atoms with Crippen LogP contribution in [0.25, 0.3) is 0 Å². The van der Waals surface area contributed by atoms with Crippen LogP contribution in [0.2, 0.25) is 0 Å². The molecule has 2 aliphatic heterocycles. The highest BCUT2D eigenvalue weighted by Crippen LogP contribution is 2.34. The van der Waals surface area contributed by atoms with Gasteiger partial charge >= 0.3 is 0 Å². The number of nitrogens with one attached hydrogen (secondary N) is 1. The number of aryl methyl sites for hydroxylation is 1. The number of rotatable bonds is 1. The van der Waals surface area contributed by atoms with Crippen molar-refractivity contribution < 1.29 is 5.11 Å². The molecule has 3 unspecified atom stereocenters. The minimum absolute atomic E-state index is 0.0814. The zero-order valence-corrected chi connectivity index (χ0v) is 11.6. The van der Waals surface area contributed by atoms with Crippen LogP contribution < -0.4 is 5.32 Å². The Balaban J connectivity index is 1.76. The Kier molecular flexibility index (Phi) is 2.77. The lowest BCUT2D eigenvalue weighted by Crippen LogP contribution is -2.45. The number of aliphatic imine (C=N–C) groups is 1. The zero-order valence-electron chi connectivity index (χ0n) is 11.6. The lowest BCUT2D eigenvalue weighted by atomic mass is 9.90. The maximum absolute atomic E-state index is 10.5. The Labute approximate surface area is 122 Å². The summed E-state index contributed by atoms with van der Waals surface area (Å²) in [7, 11) is 0. The summed E-state index contributed by atoms with van der Waals surface area (Å²) in [6, 6.07) is 11.9. The van der Waals surface area contributed by atoms with Crippen LogP contribution >= 0.6 is 0 Å². The summed E-state index contributed by atoms with van der Waals surface area (Å²) in [5.41, 5.74) is 3.04. The molecule has 5 heteroatoms. The number of fused-ring (bicyclic) bond motifs is 3. The quantitative estimate of drug-likeness (QED) is 0.840. The van der Waals surface area contributed by atoms with Crippen molar-refractivity contribution >= 4 is 12.0 Å². The van der Waals surface area contributed by atoms with Crippen molar-refractivity contribution in [3.8, 4) is 0 Å². The van der Waals surface area contributed by atoms with E-state index < -0.39 is 6.23 Å². The molecule has 0 fully saturated rings. The van der Waals surface area contributed by atoms with Crippen molar-refractivity contribution in [2.24, 2.45) is 4.99 Å². The molecule has 0 radical (unpaired) electrons. The molecule has 0 spiro atoms. The average molecular weight is 280 g/mol. The molecular formula is C16H16N4O. The SMILES string of the molecule is Cc1cc2n(n1)C1NC(O)C(c3ccccc3)C=C1C=N2. The third kappa shape index (κ3) is 2.02. The van der Waals surface area contributed by atoms with Crippen LogP contribution in [0.4, 0.5) is 5.82 Å². The highest BCUT2D eigenvalue weighted by molar-refractivity contribution is 5.84. The first kappa shape index (κ1) is 12.5. The molecule has 106 valence electrons. The molecule has 0 saturated carbocycles. The third-order valence-electron chi connectivity index (χ3n) is 3.97. The molecule has 0 saturated heterocycles. The summed E-state index contributed by atoms with van der Waals surface area (Å²) < 4.78 is 1.82. The number of aromatic nitrogens is 2. The van der Waals surface area contributed by atoms with Gasteiger partial charge in [-0.2, -0.15) is 5.10 Å². The van der Waals surface area contributed by atoms with Gasteiger partial charge in [0, 0.05) is 23.8 Å². The number of aliphatic hydroxyl groups excluding tert-OH is 1. The molecule has 3 atom stereocenters. The highest BCUT2D eigenvalue weighted by Gasteiger charge is 2.33. The maximum Gasteiger partial charge on any atom is 0.152 e. The van der Waals surface area contributed by atoms with Gasteiger partial charge in [-0.25, -0.2) is 9.67 Å². The molecule has 0 bridgehead atoms. The first-order valence-electron chi connectivity index (χ1n) is 7.03. The highest BCUT2D eigenvalue weighted by atomic mass is 16.3. The van der Waals surface area contributed by atoms with E-state index in [0.717, 1.165) is 22.6 Å². The van der Waals surface area contributed by atoms with Gasteiger partial charge in [-0.1, -0.05) is 36.4 Å².